The highest BCUT2D eigenvalue weighted by Crippen LogP contribution is 2.26. The van der Waals surface area contributed by atoms with Gasteiger partial charge in [0, 0.05) is 38.4 Å². The quantitative estimate of drug-likeness (QED) is 0.677. The molecule has 2 heterocycles. The van der Waals surface area contributed by atoms with Crippen molar-refractivity contribution in [2.45, 2.75) is 18.6 Å². The second kappa shape index (κ2) is 8.92. The van der Waals surface area contributed by atoms with Gasteiger partial charge in [-0.05, 0) is 18.6 Å². The van der Waals surface area contributed by atoms with Crippen LogP contribution in [0, 0.1) is 11.6 Å². The van der Waals surface area contributed by atoms with E-state index >= 15 is 0 Å². The molecule has 27 heavy (non-hydrogen) atoms. The van der Waals surface area contributed by atoms with Crippen molar-refractivity contribution in [2.24, 2.45) is 5.73 Å². The van der Waals surface area contributed by atoms with Gasteiger partial charge in [0.05, 0.1) is 12.6 Å². The highest BCUT2D eigenvalue weighted by atomic mass is 19.2. The first-order chi connectivity index (χ1) is 13.1. The summed E-state index contributed by atoms with van der Waals surface area (Å²) in [6.45, 7) is 1.96. The van der Waals surface area contributed by atoms with E-state index in [9.17, 15) is 8.78 Å². The molecule has 1 aromatic carbocycles. The molecule has 1 aliphatic heterocycles. The number of halogens is 2. The van der Waals surface area contributed by atoms with Gasteiger partial charge in [-0.1, -0.05) is 0 Å². The summed E-state index contributed by atoms with van der Waals surface area (Å²) in [5.74, 6) is -0.139. The molecule has 0 radical (unpaired) electrons. The number of nitrogens with zero attached hydrogens (tertiary/aromatic N) is 3. The second-order valence-corrected chi connectivity index (χ2v) is 6.25. The van der Waals surface area contributed by atoms with E-state index in [-0.39, 0.29) is 24.5 Å². The maximum Gasteiger partial charge on any atom is 0.162 e. The lowest BCUT2D eigenvalue weighted by atomic mass is 10.2. The Morgan fingerprint density at radius 1 is 1.26 bits per heavy atom. The van der Waals surface area contributed by atoms with E-state index in [2.05, 4.69) is 20.2 Å². The zero-order valence-corrected chi connectivity index (χ0v) is 15.1. The average molecular weight is 379 g/mol. The number of hydrogen-bond donors (Lipinski definition) is 2. The van der Waals surface area contributed by atoms with Gasteiger partial charge < -0.3 is 25.4 Å². The molecule has 0 amide bonds. The van der Waals surface area contributed by atoms with Crippen LogP contribution in [0.2, 0.25) is 0 Å². The van der Waals surface area contributed by atoms with Crippen molar-refractivity contribution in [1.82, 2.24) is 9.97 Å². The van der Waals surface area contributed by atoms with Gasteiger partial charge in [-0.25, -0.2) is 18.7 Å². The van der Waals surface area contributed by atoms with Crippen LogP contribution in [0.25, 0.3) is 0 Å². The molecular weight excluding hydrogens is 356 g/mol. The minimum absolute atomic E-state index is 0.134. The maximum absolute atomic E-state index is 13.1. The number of nitrogens with two attached hydrogens (primary N) is 1. The zero-order valence-electron chi connectivity index (χ0n) is 15.1. The molecule has 1 aliphatic rings. The smallest absolute Gasteiger partial charge is 0.162 e. The Morgan fingerprint density at radius 3 is 2.85 bits per heavy atom. The summed E-state index contributed by atoms with van der Waals surface area (Å²) >= 11 is 0. The molecule has 146 valence electrons. The molecule has 0 unspecified atom stereocenters. The van der Waals surface area contributed by atoms with Crippen LogP contribution in [0.5, 0.6) is 5.75 Å². The lowest BCUT2D eigenvalue weighted by Crippen LogP contribution is -2.36. The summed E-state index contributed by atoms with van der Waals surface area (Å²) in [6.07, 6.45) is 2.48. The van der Waals surface area contributed by atoms with Crippen molar-refractivity contribution in [1.29, 1.82) is 0 Å². The molecule has 9 heteroatoms. The van der Waals surface area contributed by atoms with E-state index < -0.39 is 11.6 Å². The van der Waals surface area contributed by atoms with Crippen molar-refractivity contribution in [3.63, 3.8) is 0 Å². The van der Waals surface area contributed by atoms with Crippen LogP contribution < -0.4 is 20.7 Å². The second-order valence-electron chi connectivity index (χ2n) is 6.25. The summed E-state index contributed by atoms with van der Waals surface area (Å²) in [7, 11) is 1.70. The number of methoxy groups -OCH3 is 1. The summed E-state index contributed by atoms with van der Waals surface area (Å²) in [5, 5.41) is 3.13. The van der Waals surface area contributed by atoms with Crippen molar-refractivity contribution < 1.29 is 18.3 Å². The van der Waals surface area contributed by atoms with E-state index in [1.807, 2.05) is 6.07 Å². The summed E-state index contributed by atoms with van der Waals surface area (Å²) in [4.78, 5) is 10.7. The molecule has 3 N–H and O–H groups in total. The third kappa shape index (κ3) is 4.81. The molecule has 2 atom stereocenters. The number of hydrogen-bond acceptors (Lipinski definition) is 7. The van der Waals surface area contributed by atoms with Crippen LogP contribution in [-0.2, 0) is 4.74 Å². The Morgan fingerprint density at radius 2 is 2.11 bits per heavy atom. The van der Waals surface area contributed by atoms with Gasteiger partial charge in [0.2, 0.25) is 0 Å². The molecule has 3 rings (SSSR count). The van der Waals surface area contributed by atoms with Gasteiger partial charge in [-0.15, -0.1) is 0 Å². The normalized spacial score (nSPS) is 19.3. The van der Waals surface area contributed by atoms with E-state index in [1.54, 1.807) is 7.11 Å². The lowest BCUT2D eigenvalue weighted by molar-refractivity contribution is 0.118. The largest absolute Gasteiger partial charge is 0.492 e. The SMILES string of the molecule is CO[C@H]1C[C@@H](CN)N(c2cc(NCCOc3ccc(F)c(F)c3)ncn2)C1. The van der Waals surface area contributed by atoms with E-state index in [1.165, 1.54) is 12.4 Å². The molecule has 0 spiro atoms. The van der Waals surface area contributed by atoms with Crippen molar-refractivity contribution in [2.75, 3.05) is 43.6 Å². The molecule has 0 saturated carbocycles. The molecule has 0 aliphatic carbocycles. The average Bonchev–Trinajstić information content (AvgIpc) is 3.12. The monoisotopic (exact) mass is 379 g/mol. The van der Waals surface area contributed by atoms with Crippen LogP contribution in [-0.4, -0.2) is 55.5 Å². The van der Waals surface area contributed by atoms with Gasteiger partial charge in [-0.2, -0.15) is 0 Å². The van der Waals surface area contributed by atoms with Crippen LogP contribution in [0.4, 0.5) is 20.4 Å². The fourth-order valence-electron chi connectivity index (χ4n) is 3.06. The van der Waals surface area contributed by atoms with Gasteiger partial charge in [0.15, 0.2) is 11.6 Å². The molecule has 0 bridgehead atoms. The summed E-state index contributed by atoms with van der Waals surface area (Å²) in [5.41, 5.74) is 5.87. The van der Waals surface area contributed by atoms with E-state index in [0.717, 1.165) is 30.9 Å². The fourth-order valence-corrected chi connectivity index (χ4v) is 3.06. The Balaban J connectivity index is 1.54. The first-order valence-electron chi connectivity index (χ1n) is 8.74. The van der Waals surface area contributed by atoms with Crippen LogP contribution >= 0.6 is 0 Å². The maximum atomic E-state index is 13.1. The number of rotatable bonds is 8. The fraction of sp³-hybridized carbons (Fsp3) is 0.444. The highest BCUT2D eigenvalue weighted by molar-refractivity contribution is 5.50. The molecular formula is C18H23F2N5O2. The number of ether oxygens (including phenoxy) is 2. The topological polar surface area (TPSA) is 85.5 Å². The first-order valence-corrected chi connectivity index (χ1v) is 8.74. The van der Waals surface area contributed by atoms with Gasteiger partial charge in [0.25, 0.3) is 0 Å². The van der Waals surface area contributed by atoms with Crippen molar-refractivity contribution in [3.05, 3.63) is 42.2 Å². The highest BCUT2D eigenvalue weighted by Gasteiger charge is 2.32. The Labute approximate surface area is 156 Å². The van der Waals surface area contributed by atoms with Crippen LogP contribution in [0.1, 0.15) is 6.42 Å². The van der Waals surface area contributed by atoms with Gasteiger partial charge in [0.1, 0.15) is 30.3 Å². The minimum atomic E-state index is -0.935. The standard InChI is InChI=1S/C18H23F2N5O2/c1-26-14-6-12(9-21)25(10-14)18-8-17(23-11-24-18)22-4-5-27-13-2-3-15(19)16(20)7-13/h2-3,7-8,11-12,14H,4-6,9-10,21H2,1H3,(H,22,23,24)/t12-,14-/m0/s1. The first kappa shape index (κ1) is 19.2. The lowest BCUT2D eigenvalue weighted by Gasteiger charge is -2.24. The predicted octanol–water partition coefficient (Wildman–Crippen LogP) is 1.80. The van der Waals surface area contributed by atoms with Gasteiger partial charge in [-0.3, -0.25) is 0 Å². The van der Waals surface area contributed by atoms with E-state index in [0.29, 0.717) is 18.9 Å². The minimum Gasteiger partial charge on any atom is -0.492 e. The summed E-state index contributed by atoms with van der Waals surface area (Å²) < 4.78 is 36.9. The van der Waals surface area contributed by atoms with Crippen LogP contribution in [0.3, 0.4) is 0 Å². The molecule has 2 aromatic rings. The number of anilines is 2. The summed E-state index contributed by atoms with van der Waals surface area (Å²) in [6, 6.07) is 5.46. The Hall–Kier alpha value is -2.52. The third-order valence-corrected chi connectivity index (χ3v) is 4.50. The third-order valence-electron chi connectivity index (χ3n) is 4.50. The zero-order chi connectivity index (χ0) is 19.2. The Bertz CT molecular complexity index is 764. The van der Waals surface area contributed by atoms with Crippen molar-refractivity contribution >= 4 is 11.6 Å². The predicted molar refractivity (Wildman–Crippen MR) is 98.0 cm³/mol. The van der Waals surface area contributed by atoms with Crippen LogP contribution in [0.15, 0.2) is 30.6 Å². The Kier molecular flexibility index (Phi) is 6.36. The number of benzene rings is 1. The molecule has 1 saturated heterocycles. The van der Waals surface area contributed by atoms with E-state index in [4.69, 9.17) is 15.2 Å². The number of aromatic nitrogens is 2. The van der Waals surface area contributed by atoms with Gasteiger partial charge >= 0.3 is 0 Å². The number of nitrogens with one attached hydrogen (secondary N) is 1. The van der Waals surface area contributed by atoms with Crippen molar-refractivity contribution in [3.8, 4) is 5.75 Å². The molecule has 1 fully saturated rings. The molecule has 1 aromatic heterocycles. The molecule has 7 nitrogen and oxygen atoms in total.